The summed E-state index contributed by atoms with van der Waals surface area (Å²) in [6.45, 7) is 6.69. The van der Waals surface area contributed by atoms with Crippen LogP contribution in [0.4, 0.5) is 18.0 Å². The monoisotopic (exact) mass is 387 g/mol. The van der Waals surface area contributed by atoms with E-state index in [2.05, 4.69) is 5.32 Å². The molecule has 0 spiro atoms. The van der Waals surface area contributed by atoms with Crippen molar-refractivity contribution in [3.63, 3.8) is 0 Å². The molecule has 1 amide bonds. The summed E-state index contributed by atoms with van der Waals surface area (Å²) >= 11 is 0. The maximum absolute atomic E-state index is 12.8. The number of rotatable bonds is 5. The fourth-order valence-electron chi connectivity index (χ4n) is 2.37. The van der Waals surface area contributed by atoms with Crippen LogP contribution in [0.15, 0.2) is 36.4 Å². The van der Waals surface area contributed by atoms with Gasteiger partial charge in [-0.05, 0) is 45.4 Å². The van der Waals surface area contributed by atoms with Gasteiger partial charge in [-0.2, -0.15) is 13.2 Å². The van der Waals surface area contributed by atoms with E-state index in [0.717, 1.165) is 19.2 Å². The first-order valence-electron chi connectivity index (χ1n) is 8.26. The molecule has 150 valence electrons. The van der Waals surface area contributed by atoms with Crippen LogP contribution in [0.3, 0.4) is 0 Å². The summed E-state index contributed by atoms with van der Waals surface area (Å²) < 4.78 is 48.2. The zero-order chi connectivity index (χ0) is 20.8. The van der Waals surface area contributed by atoms with Crippen LogP contribution in [-0.4, -0.2) is 30.8 Å². The van der Waals surface area contributed by atoms with Gasteiger partial charge in [-0.15, -0.1) is 0 Å². The normalized spacial score (nSPS) is 14.5. The van der Waals surface area contributed by atoms with Crippen molar-refractivity contribution in [2.75, 3.05) is 7.11 Å². The number of hydrogen-bond donors (Lipinski definition) is 1. The van der Waals surface area contributed by atoms with E-state index < -0.39 is 41.4 Å². The molecule has 0 aromatic heterocycles. The molecular weight excluding hydrogens is 363 g/mol. The fourth-order valence-corrected chi connectivity index (χ4v) is 2.37. The first kappa shape index (κ1) is 22.5. The van der Waals surface area contributed by atoms with Gasteiger partial charge in [-0.3, -0.25) is 0 Å². The number of carbonyl (C=O) groups is 2. The number of amides is 1. The fraction of sp³-hybridized carbons (Fsp3) is 0.474. The minimum absolute atomic E-state index is 0.410. The molecule has 0 aliphatic rings. The molecule has 0 bridgehead atoms. The van der Waals surface area contributed by atoms with Gasteiger partial charge in [0.05, 0.1) is 12.7 Å². The second-order valence-electron chi connectivity index (χ2n) is 6.82. The number of nitrogens with one attached hydrogen (secondary N) is 1. The van der Waals surface area contributed by atoms with Crippen molar-refractivity contribution in [2.45, 2.75) is 51.4 Å². The van der Waals surface area contributed by atoms with Gasteiger partial charge in [0.25, 0.3) is 0 Å². The van der Waals surface area contributed by atoms with Gasteiger partial charge in [-0.1, -0.05) is 24.3 Å². The lowest BCUT2D eigenvalue weighted by molar-refractivity contribution is -0.143. The number of benzene rings is 1. The summed E-state index contributed by atoms with van der Waals surface area (Å²) in [5, 5.41) is 2.44. The molecule has 0 aliphatic carbocycles. The summed E-state index contributed by atoms with van der Waals surface area (Å²) in [4.78, 5) is 24.3. The van der Waals surface area contributed by atoms with E-state index in [1.54, 1.807) is 39.8 Å². The van der Waals surface area contributed by atoms with Gasteiger partial charge < -0.3 is 14.8 Å². The summed E-state index contributed by atoms with van der Waals surface area (Å²) in [5.41, 5.74) is -1.18. The molecule has 0 saturated heterocycles. The Morgan fingerprint density at radius 1 is 1.11 bits per heavy atom. The Labute approximate surface area is 156 Å². The predicted octanol–water partition coefficient (Wildman–Crippen LogP) is 4.43. The number of allylic oxidation sites excluding steroid dienone is 1. The van der Waals surface area contributed by atoms with E-state index in [4.69, 9.17) is 9.47 Å². The number of alkyl halides is 3. The number of ether oxygens (including phenoxy) is 2. The Balaban J connectivity index is 3.20. The molecule has 1 aromatic rings. The lowest BCUT2D eigenvalue weighted by atomic mass is 9.90. The first-order chi connectivity index (χ1) is 12.4. The van der Waals surface area contributed by atoms with Crippen LogP contribution >= 0.6 is 0 Å². The number of carbonyl (C=O) groups excluding carboxylic acids is 2. The second-order valence-corrected chi connectivity index (χ2v) is 6.82. The van der Waals surface area contributed by atoms with E-state index in [0.29, 0.717) is 5.56 Å². The minimum Gasteiger partial charge on any atom is -0.467 e. The quantitative estimate of drug-likeness (QED) is 0.600. The van der Waals surface area contributed by atoms with Gasteiger partial charge >= 0.3 is 18.2 Å². The van der Waals surface area contributed by atoms with Crippen LogP contribution in [0, 0.1) is 0 Å². The molecule has 1 N–H and O–H groups in total. The molecule has 1 aromatic carbocycles. The Hall–Kier alpha value is -2.51. The van der Waals surface area contributed by atoms with Crippen molar-refractivity contribution in [3.05, 3.63) is 47.5 Å². The molecular formula is C19H24F3NO4. The van der Waals surface area contributed by atoms with Crippen molar-refractivity contribution in [1.82, 2.24) is 5.32 Å². The van der Waals surface area contributed by atoms with Gasteiger partial charge in [0.1, 0.15) is 11.6 Å². The summed E-state index contributed by atoms with van der Waals surface area (Å²) in [6, 6.07) is 3.21. The summed E-state index contributed by atoms with van der Waals surface area (Å²) in [6.07, 6.45) is -2.07. The number of hydrogen-bond acceptors (Lipinski definition) is 4. The average molecular weight is 387 g/mol. The Bertz CT molecular complexity index is 676. The minimum atomic E-state index is -4.47. The number of alkyl carbamates (subject to hydrolysis) is 1. The van der Waals surface area contributed by atoms with Crippen LogP contribution in [-0.2, 0) is 20.4 Å². The molecule has 27 heavy (non-hydrogen) atoms. The summed E-state index contributed by atoms with van der Waals surface area (Å²) in [7, 11) is 1.16. The molecule has 0 aliphatic heterocycles. The molecule has 5 nitrogen and oxygen atoms in total. The van der Waals surface area contributed by atoms with Crippen molar-refractivity contribution < 1.29 is 32.2 Å². The highest BCUT2D eigenvalue weighted by molar-refractivity contribution is 5.83. The Kier molecular flexibility index (Phi) is 7.45. The highest BCUT2D eigenvalue weighted by atomic mass is 19.4. The average Bonchev–Trinajstić information content (AvgIpc) is 2.55. The van der Waals surface area contributed by atoms with E-state index >= 15 is 0 Å². The van der Waals surface area contributed by atoms with Crippen LogP contribution in [0.5, 0.6) is 0 Å². The standard InChI is InChI=1S/C19H24F3NO4/c1-6-7-14(12-8-10-13(11-9-12)19(20,21)22)15(16(24)26-5)23-17(25)27-18(2,3)4/h6-11,14-15H,1-5H3,(H,23,25)/t14-,15-/m0/s1. The zero-order valence-electron chi connectivity index (χ0n) is 15.9. The van der Waals surface area contributed by atoms with E-state index in [9.17, 15) is 22.8 Å². The van der Waals surface area contributed by atoms with Crippen molar-refractivity contribution in [3.8, 4) is 0 Å². The van der Waals surface area contributed by atoms with Crippen LogP contribution in [0.2, 0.25) is 0 Å². The lowest BCUT2D eigenvalue weighted by Crippen LogP contribution is -2.47. The zero-order valence-corrected chi connectivity index (χ0v) is 15.9. The van der Waals surface area contributed by atoms with Gasteiger partial charge in [0.2, 0.25) is 0 Å². The third-order valence-corrected chi connectivity index (χ3v) is 3.51. The smallest absolute Gasteiger partial charge is 0.416 e. The van der Waals surface area contributed by atoms with Crippen molar-refractivity contribution in [2.24, 2.45) is 0 Å². The molecule has 0 heterocycles. The van der Waals surface area contributed by atoms with Crippen LogP contribution in [0.25, 0.3) is 0 Å². The third kappa shape index (κ3) is 6.96. The maximum Gasteiger partial charge on any atom is 0.416 e. The molecule has 0 unspecified atom stereocenters. The third-order valence-electron chi connectivity index (χ3n) is 3.51. The van der Waals surface area contributed by atoms with Crippen LogP contribution < -0.4 is 5.32 Å². The highest BCUT2D eigenvalue weighted by Gasteiger charge is 2.34. The van der Waals surface area contributed by atoms with Gasteiger partial charge in [0.15, 0.2) is 0 Å². The molecule has 0 fully saturated rings. The largest absolute Gasteiger partial charge is 0.467 e. The number of halogens is 3. The second kappa shape index (κ2) is 8.92. The van der Waals surface area contributed by atoms with E-state index in [1.807, 2.05) is 0 Å². The Morgan fingerprint density at radius 2 is 1.67 bits per heavy atom. The molecule has 2 atom stereocenters. The molecule has 1 rings (SSSR count). The van der Waals surface area contributed by atoms with Crippen molar-refractivity contribution in [1.29, 1.82) is 0 Å². The molecule has 0 radical (unpaired) electrons. The predicted molar refractivity (Wildman–Crippen MR) is 94.2 cm³/mol. The summed E-state index contributed by atoms with van der Waals surface area (Å²) in [5.74, 6) is -1.49. The van der Waals surface area contributed by atoms with E-state index in [1.165, 1.54) is 12.1 Å². The van der Waals surface area contributed by atoms with Crippen molar-refractivity contribution >= 4 is 12.1 Å². The highest BCUT2D eigenvalue weighted by Crippen LogP contribution is 2.31. The molecule has 8 heteroatoms. The van der Waals surface area contributed by atoms with Crippen LogP contribution in [0.1, 0.15) is 44.7 Å². The Morgan fingerprint density at radius 3 is 2.07 bits per heavy atom. The maximum atomic E-state index is 12.8. The van der Waals surface area contributed by atoms with E-state index in [-0.39, 0.29) is 0 Å². The topological polar surface area (TPSA) is 64.6 Å². The molecule has 0 saturated carbocycles. The van der Waals surface area contributed by atoms with Gasteiger partial charge in [0, 0.05) is 5.92 Å². The number of esters is 1. The SMILES string of the molecule is CC=C[C@@H](c1ccc(C(F)(F)F)cc1)[C@H](NC(=O)OC(C)(C)C)C(=O)OC. The first-order valence-corrected chi connectivity index (χ1v) is 8.26. The number of methoxy groups -OCH3 is 1. The van der Waals surface area contributed by atoms with Gasteiger partial charge in [-0.25, -0.2) is 9.59 Å². The lowest BCUT2D eigenvalue weighted by Gasteiger charge is -2.26.